The van der Waals surface area contributed by atoms with Crippen LogP contribution in [-0.2, 0) is 0 Å². The second kappa shape index (κ2) is 8.11. The summed E-state index contributed by atoms with van der Waals surface area (Å²) in [7, 11) is 4.16. The van der Waals surface area contributed by atoms with E-state index in [0.717, 1.165) is 35.5 Å². The second-order valence-corrected chi connectivity index (χ2v) is 6.95. The van der Waals surface area contributed by atoms with E-state index < -0.39 is 0 Å². The van der Waals surface area contributed by atoms with E-state index in [-0.39, 0.29) is 0 Å². The Kier molecular flexibility index (Phi) is 5.64. The van der Waals surface area contributed by atoms with Crippen molar-refractivity contribution in [2.24, 2.45) is 10.2 Å². The van der Waals surface area contributed by atoms with Crippen LogP contribution >= 0.6 is 0 Å². The van der Waals surface area contributed by atoms with Crippen molar-refractivity contribution in [3.8, 4) is 0 Å². The number of fused-ring (bicyclic) bond motifs is 1. The molecule has 4 heteroatoms. The summed E-state index contributed by atoms with van der Waals surface area (Å²) in [6, 6.07) is 18.7. The predicted molar refractivity (Wildman–Crippen MR) is 111 cm³/mol. The van der Waals surface area contributed by atoms with Gasteiger partial charge >= 0.3 is 0 Å². The fraction of sp³-hybridized carbons (Fsp3) is 0.273. The zero-order valence-electron chi connectivity index (χ0n) is 16.0. The highest BCUT2D eigenvalue weighted by Crippen LogP contribution is 2.33. The lowest BCUT2D eigenvalue weighted by atomic mass is 10.0. The average Bonchev–Trinajstić information content (AvgIpc) is 2.60. The molecule has 0 atom stereocenters. The van der Waals surface area contributed by atoms with Crippen LogP contribution in [0, 0.1) is 13.8 Å². The molecule has 0 spiro atoms. The van der Waals surface area contributed by atoms with Gasteiger partial charge in [0.2, 0.25) is 0 Å². The lowest BCUT2D eigenvalue weighted by molar-refractivity contribution is 0.425. The van der Waals surface area contributed by atoms with Gasteiger partial charge in [-0.3, -0.25) is 0 Å². The van der Waals surface area contributed by atoms with Crippen LogP contribution in [-0.4, -0.2) is 32.1 Å². The lowest BCUT2D eigenvalue weighted by Crippen LogP contribution is -2.20. The Balaban J connectivity index is 1.94. The number of nitrogens with one attached hydrogen (secondary N) is 1. The van der Waals surface area contributed by atoms with Gasteiger partial charge in [0.05, 0.1) is 11.4 Å². The fourth-order valence-electron chi connectivity index (χ4n) is 2.90. The number of hydrogen-bond acceptors (Lipinski definition) is 4. The zero-order valence-corrected chi connectivity index (χ0v) is 16.0. The SMILES string of the molecule is Cc1cccc(N=Nc2ccc(NCCN(C)C)c3ccc(C)cc23)c1. The van der Waals surface area contributed by atoms with E-state index in [0.29, 0.717) is 0 Å². The largest absolute Gasteiger partial charge is 0.383 e. The molecule has 0 fully saturated rings. The third-order valence-electron chi connectivity index (χ3n) is 4.30. The van der Waals surface area contributed by atoms with Gasteiger partial charge in [-0.05, 0) is 63.8 Å². The molecule has 4 nitrogen and oxygen atoms in total. The second-order valence-electron chi connectivity index (χ2n) is 6.95. The Morgan fingerprint density at radius 3 is 2.42 bits per heavy atom. The van der Waals surface area contributed by atoms with Gasteiger partial charge < -0.3 is 10.2 Å². The Morgan fingerprint density at radius 2 is 1.65 bits per heavy atom. The molecule has 134 valence electrons. The number of rotatable bonds is 6. The molecule has 0 saturated carbocycles. The smallest absolute Gasteiger partial charge is 0.0936 e. The standard InChI is InChI=1S/C22H26N4/c1-16-6-5-7-18(14-16)24-25-22-11-10-21(23-12-13-26(3)4)19-9-8-17(2)15-20(19)22/h5-11,14-15,23H,12-13H2,1-4H3. The van der Waals surface area contributed by atoms with E-state index in [9.17, 15) is 0 Å². The minimum Gasteiger partial charge on any atom is -0.383 e. The maximum atomic E-state index is 4.53. The van der Waals surface area contributed by atoms with Gasteiger partial charge in [-0.25, -0.2) is 0 Å². The topological polar surface area (TPSA) is 40.0 Å². The van der Waals surface area contributed by atoms with Crippen molar-refractivity contribution >= 4 is 27.8 Å². The summed E-state index contributed by atoms with van der Waals surface area (Å²) in [5.41, 5.74) is 5.30. The van der Waals surface area contributed by atoms with E-state index >= 15 is 0 Å². The molecule has 3 rings (SSSR count). The van der Waals surface area contributed by atoms with E-state index in [1.807, 2.05) is 24.3 Å². The van der Waals surface area contributed by atoms with E-state index in [4.69, 9.17) is 0 Å². The molecule has 0 amide bonds. The third kappa shape index (κ3) is 4.46. The van der Waals surface area contributed by atoms with E-state index in [1.54, 1.807) is 0 Å². The van der Waals surface area contributed by atoms with E-state index in [2.05, 4.69) is 78.7 Å². The molecule has 1 N–H and O–H groups in total. The lowest BCUT2D eigenvalue weighted by Gasteiger charge is -2.14. The van der Waals surface area contributed by atoms with Crippen LogP contribution in [0.3, 0.4) is 0 Å². The molecule has 26 heavy (non-hydrogen) atoms. The summed E-state index contributed by atoms with van der Waals surface area (Å²) < 4.78 is 0. The number of azo groups is 1. The van der Waals surface area contributed by atoms with Crippen LogP contribution in [0.25, 0.3) is 10.8 Å². The van der Waals surface area contributed by atoms with Crippen LogP contribution in [0.5, 0.6) is 0 Å². The summed E-state index contributed by atoms with van der Waals surface area (Å²) in [6.07, 6.45) is 0. The molecule has 0 aliphatic carbocycles. The van der Waals surface area contributed by atoms with Gasteiger partial charge in [-0.1, -0.05) is 29.8 Å². The average molecular weight is 346 g/mol. The minimum absolute atomic E-state index is 0.874. The maximum absolute atomic E-state index is 4.53. The molecule has 0 radical (unpaired) electrons. The van der Waals surface area contributed by atoms with Crippen molar-refractivity contribution in [2.45, 2.75) is 13.8 Å². The van der Waals surface area contributed by atoms with Crippen LogP contribution in [0.4, 0.5) is 17.1 Å². The Morgan fingerprint density at radius 1 is 0.846 bits per heavy atom. The summed E-state index contributed by atoms with van der Waals surface area (Å²) in [4.78, 5) is 2.17. The van der Waals surface area contributed by atoms with Crippen molar-refractivity contribution in [1.82, 2.24) is 4.90 Å². The minimum atomic E-state index is 0.874. The number of hydrogen-bond donors (Lipinski definition) is 1. The first-order chi connectivity index (χ1) is 12.5. The summed E-state index contributed by atoms with van der Waals surface area (Å²) >= 11 is 0. The zero-order chi connectivity index (χ0) is 18.5. The van der Waals surface area contributed by atoms with Gasteiger partial charge in [-0.15, -0.1) is 5.11 Å². The van der Waals surface area contributed by atoms with Gasteiger partial charge in [0, 0.05) is 29.5 Å². The van der Waals surface area contributed by atoms with Gasteiger partial charge in [0.1, 0.15) is 0 Å². The quantitative estimate of drug-likeness (QED) is 0.569. The molecule has 0 aliphatic heterocycles. The number of nitrogens with zero attached hydrogens (tertiary/aromatic N) is 3. The summed E-state index contributed by atoms with van der Waals surface area (Å²) in [5.74, 6) is 0. The van der Waals surface area contributed by atoms with Crippen LogP contribution < -0.4 is 5.32 Å². The van der Waals surface area contributed by atoms with Crippen LogP contribution in [0.2, 0.25) is 0 Å². The number of aryl methyl sites for hydroxylation is 2. The first kappa shape index (κ1) is 18.1. The molecule has 0 bridgehead atoms. The van der Waals surface area contributed by atoms with Crippen LogP contribution in [0.1, 0.15) is 11.1 Å². The monoisotopic (exact) mass is 346 g/mol. The molecule has 0 aromatic heterocycles. The van der Waals surface area contributed by atoms with Crippen molar-refractivity contribution in [1.29, 1.82) is 0 Å². The van der Waals surface area contributed by atoms with E-state index in [1.165, 1.54) is 16.5 Å². The van der Waals surface area contributed by atoms with Gasteiger partial charge in [0.25, 0.3) is 0 Å². The molecule has 0 unspecified atom stereocenters. The van der Waals surface area contributed by atoms with Crippen LogP contribution in [0.15, 0.2) is 64.8 Å². The van der Waals surface area contributed by atoms with Crippen molar-refractivity contribution in [2.75, 3.05) is 32.5 Å². The summed E-state index contributed by atoms with van der Waals surface area (Å²) in [5, 5.41) is 14.8. The van der Waals surface area contributed by atoms with Gasteiger partial charge in [0.15, 0.2) is 0 Å². The molecule has 0 aliphatic rings. The molecule has 3 aromatic rings. The van der Waals surface area contributed by atoms with Gasteiger partial charge in [-0.2, -0.15) is 5.11 Å². The number of likely N-dealkylation sites (N-methyl/N-ethyl adjacent to an activating group) is 1. The Labute approximate surface area is 155 Å². The molecular formula is C22H26N4. The maximum Gasteiger partial charge on any atom is 0.0936 e. The third-order valence-corrected chi connectivity index (χ3v) is 4.30. The number of anilines is 1. The molecular weight excluding hydrogens is 320 g/mol. The Hall–Kier alpha value is -2.72. The molecule has 3 aromatic carbocycles. The van der Waals surface area contributed by atoms with Crippen molar-refractivity contribution < 1.29 is 0 Å². The number of benzene rings is 3. The normalized spacial score (nSPS) is 11.6. The summed E-state index contributed by atoms with van der Waals surface area (Å²) in [6.45, 7) is 6.06. The highest BCUT2D eigenvalue weighted by molar-refractivity contribution is 6.01. The highest BCUT2D eigenvalue weighted by Gasteiger charge is 2.06. The first-order valence-corrected chi connectivity index (χ1v) is 8.93. The predicted octanol–water partition coefficient (Wildman–Crippen LogP) is 5.85. The molecule has 0 heterocycles. The molecule has 0 saturated heterocycles. The van der Waals surface area contributed by atoms with Crippen molar-refractivity contribution in [3.63, 3.8) is 0 Å². The highest BCUT2D eigenvalue weighted by atomic mass is 15.1. The van der Waals surface area contributed by atoms with Crippen molar-refractivity contribution in [3.05, 3.63) is 65.7 Å². The fourth-order valence-corrected chi connectivity index (χ4v) is 2.90. The Bertz CT molecular complexity index is 929. The first-order valence-electron chi connectivity index (χ1n) is 8.93.